The first kappa shape index (κ1) is 13.4. The van der Waals surface area contributed by atoms with Crippen LogP contribution >= 0.6 is 0 Å². The second kappa shape index (κ2) is 6.22. The average molecular weight is 262 g/mol. The van der Waals surface area contributed by atoms with Crippen molar-refractivity contribution < 1.29 is 14.3 Å². The molecule has 5 nitrogen and oxygen atoms in total. The molecule has 0 aliphatic carbocycles. The van der Waals surface area contributed by atoms with Crippen molar-refractivity contribution in [3.05, 3.63) is 29.8 Å². The fourth-order valence-electron chi connectivity index (χ4n) is 2.04. The minimum absolute atomic E-state index is 0.0109. The summed E-state index contributed by atoms with van der Waals surface area (Å²) >= 11 is 0. The lowest BCUT2D eigenvalue weighted by molar-refractivity contribution is -0.122. The van der Waals surface area contributed by atoms with E-state index in [1.54, 1.807) is 24.3 Å². The molecule has 0 spiro atoms. The van der Waals surface area contributed by atoms with Gasteiger partial charge in [0.25, 0.3) is 5.91 Å². The van der Waals surface area contributed by atoms with Crippen LogP contribution in [-0.4, -0.2) is 31.0 Å². The maximum atomic E-state index is 12.0. The van der Waals surface area contributed by atoms with Gasteiger partial charge in [0.1, 0.15) is 5.75 Å². The van der Waals surface area contributed by atoms with Gasteiger partial charge in [-0.25, -0.2) is 0 Å². The molecule has 1 aliphatic rings. The Morgan fingerprint density at radius 3 is 2.79 bits per heavy atom. The Morgan fingerprint density at radius 1 is 1.42 bits per heavy atom. The van der Waals surface area contributed by atoms with E-state index in [1.807, 2.05) is 6.92 Å². The van der Waals surface area contributed by atoms with E-state index in [9.17, 15) is 9.59 Å². The van der Waals surface area contributed by atoms with Crippen molar-refractivity contribution in [1.82, 2.24) is 10.6 Å². The van der Waals surface area contributed by atoms with Crippen LogP contribution in [0.4, 0.5) is 0 Å². The van der Waals surface area contributed by atoms with Crippen LogP contribution in [0.3, 0.4) is 0 Å². The second-order valence-corrected chi connectivity index (χ2v) is 4.47. The molecule has 1 aromatic carbocycles. The maximum Gasteiger partial charge on any atom is 0.251 e. The first-order chi connectivity index (χ1) is 9.19. The van der Waals surface area contributed by atoms with E-state index < -0.39 is 0 Å². The third-order valence-corrected chi connectivity index (χ3v) is 3.01. The summed E-state index contributed by atoms with van der Waals surface area (Å²) in [6.45, 7) is 3.13. The zero-order valence-corrected chi connectivity index (χ0v) is 10.9. The van der Waals surface area contributed by atoms with E-state index in [1.165, 1.54) is 0 Å². The lowest BCUT2D eigenvalue weighted by Gasteiger charge is -2.23. The smallest absolute Gasteiger partial charge is 0.251 e. The number of benzene rings is 1. The Bertz CT molecular complexity index is 456. The predicted molar refractivity (Wildman–Crippen MR) is 71.1 cm³/mol. The zero-order chi connectivity index (χ0) is 13.7. The number of piperidine rings is 1. The molecular formula is C14H18N2O3. The Kier molecular flexibility index (Phi) is 4.39. The van der Waals surface area contributed by atoms with Crippen LogP contribution in [-0.2, 0) is 4.79 Å². The van der Waals surface area contributed by atoms with Gasteiger partial charge in [-0.1, -0.05) is 0 Å². The normalized spacial score (nSPS) is 18.6. The quantitative estimate of drug-likeness (QED) is 0.853. The minimum atomic E-state index is -0.150. The second-order valence-electron chi connectivity index (χ2n) is 4.47. The highest BCUT2D eigenvalue weighted by atomic mass is 16.5. The molecule has 5 heteroatoms. The highest BCUT2D eigenvalue weighted by molar-refractivity contribution is 5.94. The summed E-state index contributed by atoms with van der Waals surface area (Å²) in [7, 11) is 0. The van der Waals surface area contributed by atoms with E-state index >= 15 is 0 Å². The van der Waals surface area contributed by atoms with Crippen LogP contribution in [0.2, 0.25) is 0 Å². The summed E-state index contributed by atoms with van der Waals surface area (Å²) in [6.07, 6.45) is 1.12. The summed E-state index contributed by atoms with van der Waals surface area (Å²) in [5.41, 5.74) is 0.578. The van der Waals surface area contributed by atoms with Crippen LogP contribution in [0.5, 0.6) is 5.75 Å². The number of nitrogens with one attached hydrogen (secondary N) is 2. The molecule has 102 valence electrons. The van der Waals surface area contributed by atoms with Crippen molar-refractivity contribution in [3.8, 4) is 5.75 Å². The van der Waals surface area contributed by atoms with E-state index in [0.717, 1.165) is 12.2 Å². The Labute approximate surface area is 112 Å². The Morgan fingerprint density at radius 2 is 2.16 bits per heavy atom. The van der Waals surface area contributed by atoms with Crippen LogP contribution in [0.15, 0.2) is 24.3 Å². The lowest BCUT2D eigenvalue weighted by Crippen LogP contribution is -2.45. The van der Waals surface area contributed by atoms with Gasteiger partial charge in [-0.3, -0.25) is 9.59 Å². The molecule has 2 N–H and O–H groups in total. The van der Waals surface area contributed by atoms with Crippen LogP contribution in [0, 0.1) is 0 Å². The van der Waals surface area contributed by atoms with E-state index in [-0.39, 0.29) is 17.9 Å². The monoisotopic (exact) mass is 262 g/mol. The molecule has 2 amide bonds. The van der Waals surface area contributed by atoms with Crippen molar-refractivity contribution in [1.29, 1.82) is 0 Å². The molecule has 1 aromatic rings. The van der Waals surface area contributed by atoms with Crippen molar-refractivity contribution in [3.63, 3.8) is 0 Å². The number of carbonyl (C=O) groups is 2. The molecule has 0 radical (unpaired) electrons. The standard InChI is InChI=1S/C14H18N2O3/c1-2-19-12-5-3-10(4-6-12)14(18)16-11-7-8-15-13(17)9-11/h3-6,11H,2,7-9H2,1H3,(H,15,17)(H,16,18). The van der Waals surface area contributed by atoms with Crippen molar-refractivity contribution >= 4 is 11.8 Å². The van der Waals surface area contributed by atoms with E-state index in [2.05, 4.69) is 10.6 Å². The molecular weight excluding hydrogens is 244 g/mol. The third-order valence-electron chi connectivity index (χ3n) is 3.01. The summed E-state index contributed by atoms with van der Waals surface area (Å²) in [5.74, 6) is 0.585. The summed E-state index contributed by atoms with van der Waals surface area (Å²) < 4.78 is 5.32. The number of hydrogen-bond donors (Lipinski definition) is 2. The van der Waals surface area contributed by atoms with Crippen molar-refractivity contribution in [2.75, 3.05) is 13.2 Å². The molecule has 2 rings (SSSR count). The van der Waals surface area contributed by atoms with Gasteiger partial charge in [0.05, 0.1) is 6.61 Å². The third kappa shape index (κ3) is 3.71. The zero-order valence-electron chi connectivity index (χ0n) is 10.9. The van der Waals surface area contributed by atoms with Gasteiger partial charge >= 0.3 is 0 Å². The highest BCUT2D eigenvalue weighted by Crippen LogP contribution is 2.13. The number of carbonyl (C=O) groups excluding carboxylic acids is 2. The minimum Gasteiger partial charge on any atom is -0.494 e. The van der Waals surface area contributed by atoms with Gasteiger partial charge in [0.15, 0.2) is 0 Å². The van der Waals surface area contributed by atoms with Gasteiger partial charge in [-0.2, -0.15) is 0 Å². The van der Waals surface area contributed by atoms with Crippen molar-refractivity contribution in [2.24, 2.45) is 0 Å². The van der Waals surface area contributed by atoms with Crippen LogP contribution in [0.1, 0.15) is 30.1 Å². The largest absolute Gasteiger partial charge is 0.494 e. The van der Waals surface area contributed by atoms with Gasteiger partial charge in [-0.15, -0.1) is 0 Å². The summed E-state index contributed by atoms with van der Waals surface area (Å²) in [5, 5.41) is 5.62. The number of hydrogen-bond acceptors (Lipinski definition) is 3. The van der Waals surface area contributed by atoms with Crippen LogP contribution < -0.4 is 15.4 Å². The first-order valence-corrected chi connectivity index (χ1v) is 6.49. The maximum absolute atomic E-state index is 12.0. The molecule has 1 atom stereocenters. The molecule has 0 bridgehead atoms. The summed E-state index contributed by atoms with van der Waals surface area (Å²) in [4.78, 5) is 23.2. The average Bonchev–Trinajstić information content (AvgIpc) is 2.40. The molecule has 1 unspecified atom stereocenters. The Balaban J connectivity index is 1.93. The fraction of sp³-hybridized carbons (Fsp3) is 0.429. The molecule has 0 aromatic heterocycles. The van der Waals surface area contributed by atoms with Gasteiger partial charge in [0.2, 0.25) is 5.91 Å². The predicted octanol–water partition coefficient (Wildman–Crippen LogP) is 1.09. The van der Waals surface area contributed by atoms with Crippen molar-refractivity contribution in [2.45, 2.75) is 25.8 Å². The van der Waals surface area contributed by atoms with Gasteiger partial charge < -0.3 is 15.4 Å². The van der Waals surface area contributed by atoms with Crippen LogP contribution in [0.25, 0.3) is 0 Å². The SMILES string of the molecule is CCOc1ccc(C(=O)NC2CCNC(=O)C2)cc1. The fourth-order valence-corrected chi connectivity index (χ4v) is 2.04. The first-order valence-electron chi connectivity index (χ1n) is 6.49. The molecule has 0 saturated carbocycles. The lowest BCUT2D eigenvalue weighted by atomic mass is 10.1. The number of amides is 2. The van der Waals surface area contributed by atoms with E-state index in [0.29, 0.717) is 25.1 Å². The van der Waals surface area contributed by atoms with Gasteiger partial charge in [0, 0.05) is 24.6 Å². The molecule has 1 heterocycles. The summed E-state index contributed by atoms with van der Waals surface area (Å²) in [6, 6.07) is 6.91. The molecule has 1 fully saturated rings. The van der Waals surface area contributed by atoms with E-state index in [4.69, 9.17) is 4.74 Å². The number of ether oxygens (including phenoxy) is 1. The molecule has 1 aliphatic heterocycles. The number of rotatable bonds is 4. The molecule has 1 saturated heterocycles. The highest BCUT2D eigenvalue weighted by Gasteiger charge is 2.20. The topological polar surface area (TPSA) is 67.4 Å². The Hall–Kier alpha value is -2.04. The molecule has 19 heavy (non-hydrogen) atoms. The van der Waals surface area contributed by atoms with Gasteiger partial charge in [-0.05, 0) is 37.6 Å².